The summed E-state index contributed by atoms with van der Waals surface area (Å²) in [5, 5.41) is 11.1. The Morgan fingerprint density at radius 2 is 2.09 bits per heavy atom. The van der Waals surface area contributed by atoms with Crippen molar-refractivity contribution in [3.05, 3.63) is 54.4 Å². The smallest absolute Gasteiger partial charge is 0.238 e. The Kier molecular flexibility index (Phi) is 3.58. The van der Waals surface area contributed by atoms with Gasteiger partial charge < -0.3 is 9.72 Å². The van der Waals surface area contributed by atoms with Crippen LogP contribution in [0.25, 0.3) is 16.9 Å². The number of hydrogen-bond acceptors (Lipinski definition) is 3. The number of aromatic nitrogens is 2. The van der Waals surface area contributed by atoms with Crippen LogP contribution in [0.3, 0.4) is 0 Å². The van der Waals surface area contributed by atoms with Gasteiger partial charge in [0.2, 0.25) is 5.91 Å². The molecular weight excluding hydrogens is 276 g/mol. The van der Waals surface area contributed by atoms with Gasteiger partial charge in [0, 0.05) is 23.6 Å². The van der Waals surface area contributed by atoms with Crippen molar-refractivity contribution in [2.75, 3.05) is 5.32 Å². The number of nitrogens with one attached hydrogen (secondary N) is 1. The van der Waals surface area contributed by atoms with Gasteiger partial charge in [-0.15, -0.1) is 0 Å². The van der Waals surface area contributed by atoms with Crippen molar-refractivity contribution in [3.63, 3.8) is 0 Å². The molecule has 3 rings (SSSR count). The summed E-state index contributed by atoms with van der Waals surface area (Å²) in [6.07, 6.45) is 3.80. The average Bonchev–Trinajstić information content (AvgIpc) is 2.94. The topological polar surface area (TPSA) is 70.2 Å². The molecule has 2 aromatic heterocycles. The second kappa shape index (κ2) is 5.70. The van der Waals surface area contributed by atoms with Crippen LogP contribution in [0, 0.1) is 18.3 Å². The van der Waals surface area contributed by atoms with Crippen molar-refractivity contribution in [1.29, 1.82) is 5.26 Å². The number of amides is 1. The van der Waals surface area contributed by atoms with Gasteiger partial charge in [-0.25, -0.2) is 4.98 Å². The molecule has 0 aliphatic carbocycles. The second-order valence-corrected chi connectivity index (χ2v) is 5.01. The van der Waals surface area contributed by atoms with E-state index >= 15 is 0 Å². The number of benzene rings is 1. The lowest BCUT2D eigenvalue weighted by Crippen LogP contribution is -2.09. The van der Waals surface area contributed by atoms with Crippen LogP contribution >= 0.6 is 0 Å². The summed E-state index contributed by atoms with van der Waals surface area (Å²) >= 11 is 0. The first kappa shape index (κ1) is 13.8. The third-order valence-corrected chi connectivity index (χ3v) is 3.38. The number of hydrogen-bond donors (Lipinski definition) is 1. The van der Waals surface area contributed by atoms with Gasteiger partial charge in [0.15, 0.2) is 0 Å². The third-order valence-electron chi connectivity index (χ3n) is 3.38. The molecule has 22 heavy (non-hydrogen) atoms. The Labute approximate surface area is 127 Å². The van der Waals surface area contributed by atoms with E-state index in [0.717, 1.165) is 22.5 Å². The maximum atomic E-state index is 11.4. The summed E-state index contributed by atoms with van der Waals surface area (Å²) < 4.78 is 1.99. The summed E-state index contributed by atoms with van der Waals surface area (Å²) in [5.41, 5.74) is 4.58. The molecular formula is C17H14N4O. The van der Waals surface area contributed by atoms with E-state index < -0.39 is 0 Å². The van der Waals surface area contributed by atoms with Gasteiger partial charge >= 0.3 is 0 Å². The number of imidazole rings is 1. The van der Waals surface area contributed by atoms with Crippen molar-refractivity contribution in [3.8, 4) is 17.3 Å². The minimum absolute atomic E-state index is 0.145. The van der Waals surface area contributed by atoms with Crippen LogP contribution in [0.15, 0.2) is 48.8 Å². The number of nitrogens with zero attached hydrogens (tertiary/aromatic N) is 3. The first-order valence-electron chi connectivity index (χ1n) is 6.89. The SMILES string of the molecule is Cc1cccn2cc(-c3ccc(NC(=O)CC#N)cc3)nc12. The van der Waals surface area contributed by atoms with E-state index in [4.69, 9.17) is 5.26 Å². The number of rotatable bonds is 3. The summed E-state index contributed by atoms with van der Waals surface area (Å²) in [4.78, 5) is 16.0. The van der Waals surface area contributed by atoms with Crippen LogP contribution in [-0.4, -0.2) is 15.3 Å². The van der Waals surface area contributed by atoms with Crippen LogP contribution in [0.5, 0.6) is 0 Å². The average molecular weight is 290 g/mol. The molecule has 0 aliphatic heterocycles. The lowest BCUT2D eigenvalue weighted by molar-refractivity contribution is -0.115. The van der Waals surface area contributed by atoms with Crippen LogP contribution < -0.4 is 5.32 Å². The Bertz CT molecular complexity index is 872. The molecule has 1 aromatic carbocycles. The quantitative estimate of drug-likeness (QED) is 0.805. The molecule has 0 radical (unpaired) electrons. The molecule has 0 atom stereocenters. The molecule has 1 N–H and O–H groups in total. The lowest BCUT2D eigenvalue weighted by Gasteiger charge is -2.03. The van der Waals surface area contributed by atoms with E-state index in [0.29, 0.717) is 5.69 Å². The number of carbonyl (C=O) groups excluding carboxylic acids is 1. The number of nitriles is 1. The second-order valence-electron chi connectivity index (χ2n) is 5.01. The van der Waals surface area contributed by atoms with Crippen molar-refractivity contribution < 1.29 is 4.79 Å². The molecule has 0 saturated heterocycles. The highest BCUT2D eigenvalue weighted by atomic mass is 16.1. The molecule has 0 unspecified atom stereocenters. The molecule has 3 aromatic rings. The number of anilines is 1. The molecule has 0 fully saturated rings. The Morgan fingerprint density at radius 1 is 1.32 bits per heavy atom. The summed E-state index contributed by atoms with van der Waals surface area (Å²) in [7, 11) is 0. The molecule has 0 aliphatic rings. The molecule has 1 amide bonds. The Morgan fingerprint density at radius 3 is 2.77 bits per heavy atom. The molecule has 5 heteroatoms. The van der Waals surface area contributed by atoms with Gasteiger partial charge in [-0.2, -0.15) is 5.26 Å². The number of carbonyl (C=O) groups is 1. The highest BCUT2D eigenvalue weighted by Gasteiger charge is 2.07. The van der Waals surface area contributed by atoms with Gasteiger partial charge in [-0.3, -0.25) is 4.79 Å². The highest BCUT2D eigenvalue weighted by Crippen LogP contribution is 2.22. The molecule has 108 valence electrons. The normalized spacial score (nSPS) is 10.4. The van der Waals surface area contributed by atoms with Crippen molar-refractivity contribution in [1.82, 2.24) is 9.38 Å². The molecule has 2 heterocycles. The molecule has 0 bridgehead atoms. The zero-order valence-corrected chi connectivity index (χ0v) is 12.1. The fourth-order valence-corrected chi connectivity index (χ4v) is 2.29. The summed E-state index contributed by atoms with van der Waals surface area (Å²) in [5.74, 6) is -0.307. The first-order valence-corrected chi connectivity index (χ1v) is 6.89. The van der Waals surface area contributed by atoms with Gasteiger partial charge in [-0.05, 0) is 30.7 Å². The summed E-state index contributed by atoms with van der Waals surface area (Å²) in [6.45, 7) is 2.03. The fourth-order valence-electron chi connectivity index (χ4n) is 2.29. The van der Waals surface area contributed by atoms with Crippen molar-refractivity contribution >= 4 is 17.2 Å². The monoisotopic (exact) mass is 290 g/mol. The minimum atomic E-state index is -0.307. The molecule has 0 saturated carbocycles. The van der Waals surface area contributed by atoms with Gasteiger partial charge in [-0.1, -0.05) is 18.2 Å². The zero-order chi connectivity index (χ0) is 15.5. The Hall–Kier alpha value is -3.13. The third kappa shape index (κ3) is 2.67. The van der Waals surface area contributed by atoms with E-state index in [2.05, 4.69) is 10.3 Å². The van der Waals surface area contributed by atoms with Crippen molar-refractivity contribution in [2.24, 2.45) is 0 Å². The van der Waals surface area contributed by atoms with Gasteiger partial charge in [0.25, 0.3) is 0 Å². The largest absolute Gasteiger partial charge is 0.325 e. The van der Waals surface area contributed by atoms with Gasteiger partial charge in [0.1, 0.15) is 12.1 Å². The Balaban J connectivity index is 1.87. The highest BCUT2D eigenvalue weighted by molar-refractivity contribution is 5.92. The summed E-state index contributed by atoms with van der Waals surface area (Å²) in [6, 6.07) is 13.3. The van der Waals surface area contributed by atoms with E-state index in [9.17, 15) is 4.79 Å². The predicted octanol–water partition coefficient (Wildman–Crippen LogP) is 3.16. The van der Waals surface area contributed by atoms with E-state index in [-0.39, 0.29) is 12.3 Å². The first-order chi connectivity index (χ1) is 10.7. The molecule has 5 nitrogen and oxygen atoms in total. The van der Waals surface area contributed by atoms with Crippen LogP contribution in [0.2, 0.25) is 0 Å². The van der Waals surface area contributed by atoms with E-state index in [1.165, 1.54) is 0 Å². The fraction of sp³-hybridized carbons (Fsp3) is 0.118. The zero-order valence-electron chi connectivity index (χ0n) is 12.1. The van der Waals surface area contributed by atoms with E-state index in [1.54, 1.807) is 0 Å². The maximum Gasteiger partial charge on any atom is 0.238 e. The van der Waals surface area contributed by atoms with E-state index in [1.807, 2.05) is 66.2 Å². The number of pyridine rings is 1. The predicted molar refractivity (Wildman–Crippen MR) is 84.2 cm³/mol. The number of fused-ring (bicyclic) bond motifs is 1. The van der Waals surface area contributed by atoms with Crippen molar-refractivity contribution in [2.45, 2.75) is 13.3 Å². The minimum Gasteiger partial charge on any atom is -0.325 e. The van der Waals surface area contributed by atoms with Crippen LogP contribution in [-0.2, 0) is 4.79 Å². The van der Waals surface area contributed by atoms with Gasteiger partial charge in [0.05, 0.1) is 11.8 Å². The number of aryl methyl sites for hydroxylation is 1. The standard InChI is InChI=1S/C17H14N4O/c1-12-3-2-10-21-11-15(20-17(12)21)13-4-6-14(7-5-13)19-16(22)8-9-18/h2-7,10-11H,8H2,1H3,(H,19,22). The molecule has 0 spiro atoms. The van der Waals surface area contributed by atoms with Crippen LogP contribution in [0.1, 0.15) is 12.0 Å². The maximum absolute atomic E-state index is 11.4. The lowest BCUT2D eigenvalue weighted by atomic mass is 10.1. The van der Waals surface area contributed by atoms with Crippen LogP contribution in [0.4, 0.5) is 5.69 Å².